The van der Waals surface area contributed by atoms with Gasteiger partial charge in [0, 0.05) is 6.54 Å². The van der Waals surface area contributed by atoms with Crippen LogP contribution in [0, 0.1) is 23.0 Å². The number of aryl methyl sites for hydroxylation is 1. The highest BCUT2D eigenvalue weighted by Gasteiger charge is 2.24. The molecule has 1 atom stereocenters. The molecule has 0 saturated carbocycles. The number of halogens is 2. The zero-order chi connectivity index (χ0) is 24.9. The molecule has 0 fully saturated rings. The van der Waals surface area contributed by atoms with Gasteiger partial charge in [-0.25, -0.2) is 21.9 Å². The largest absolute Gasteiger partial charge is 0.382 e. The smallest absolute Gasteiger partial charge is 0.244 e. The highest BCUT2D eigenvalue weighted by Crippen LogP contribution is 2.21. The van der Waals surface area contributed by atoms with Crippen LogP contribution in [0.3, 0.4) is 0 Å². The lowest BCUT2D eigenvalue weighted by Gasteiger charge is -2.14. The van der Waals surface area contributed by atoms with Gasteiger partial charge in [-0.2, -0.15) is 15.1 Å². The zero-order valence-electron chi connectivity index (χ0n) is 18.1. The van der Waals surface area contributed by atoms with Crippen LogP contribution in [0.15, 0.2) is 53.4 Å². The topological polar surface area (TPSA) is 143 Å². The quantitative estimate of drug-likeness (QED) is 0.393. The Hall–Kier alpha value is -3.82. The average molecular weight is 489 g/mol. The molecular formula is C22H22F2N6O3S. The van der Waals surface area contributed by atoms with E-state index in [-0.39, 0.29) is 17.9 Å². The van der Waals surface area contributed by atoms with Crippen LogP contribution >= 0.6 is 0 Å². The van der Waals surface area contributed by atoms with E-state index in [0.29, 0.717) is 24.2 Å². The Labute approximate surface area is 195 Å². The van der Waals surface area contributed by atoms with Crippen LogP contribution in [0.25, 0.3) is 5.69 Å². The lowest BCUT2D eigenvalue weighted by atomic mass is 10.1. The summed E-state index contributed by atoms with van der Waals surface area (Å²) in [5, 5.41) is 16.4. The van der Waals surface area contributed by atoms with Crippen LogP contribution in [-0.4, -0.2) is 36.7 Å². The maximum Gasteiger partial charge on any atom is 0.244 e. The number of rotatable bonds is 9. The summed E-state index contributed by atoms with van der Waals surface area (Å²) in [4.78, 5) is 11.7. The van der Waals surface area contributed by atoms with Crippen LogP contribution in [0.5, 0.6) is 0 Å². The fourth-order valence-electron chi connectivity index (χ4n) is 3.19. The van der Waals surface area contributed by atoms with Crippen molar-refractivity contribution in [3.63, 3.8) is 0 Å². The van der Waals surface area contributed by atoms with Gasteiger partial charge >= 0.3 is 0 Å². The number of hydrogen-bond donors (Lipinski definition) is 3. The minimum absolute atomic E-state index is 0.115. The van der Waals surface area contributed by atoms with E-state index >= 15 is 0 Å². The third-order valence-electron chi connectivity index (χ3n) is 4.92. The van der Waals surface area contributed by atoms with Gasteiger partial charge in [-0.1, -0.05) is 12.1 Å². The van der Waals surface area contributed by atoms with Crippen molar-refractivity contribution >= 4 is 21.7 Å². The number of carbonyl (C=O) groups excluding carboxylic acids is 1. The number of aromatic nitrogens is 2. The Morgan fingerprint density at radius 2 is 1.88 bits per heavy atom. The van der Waals surface area contributed by atoms with Gasteiger partial charge in [0.15, 0.2) is 0 Å². The second-order valence-electron chi connectivity index (χ2n) is 7.37. The second-order valence-corrected chi connectivity index (χ2v) is 9.06. The summed E-state index contributed by atoms with van der Waals surface area (Å²) in [5.74, 6) is -1.83. The molecule has 4 N–H and O–H groups in total. The molecule has 1 aromatic heterocycles. The van der Waals surface area contributed by atoms with Crippen molar-refractivity contribution in [2.24, 2.45) is 0 Å². The standard InChI is InChI=1S/C22H22F2N6O3S/c1-14(29-34(32,33)20-7-3-2-5-18(20)24)22(31)27-12-4-6-19-17(13-25)21(26)30(28-19)16-10-8-15(23)9-11-16/h2-3,5,7-11,14,29H,4,6,12,26H2,1H3,(H,27,31)/t14-/m0/s1. The van der Waals surface area contributed by atoms with E-state index in [9.17, 15) is 27.3 Å². The Bertz CT molecular complexity index is 1330. The number of nitriles is 1. The molecule has 0 radical (unpaired) electrons. The summed E-state index contributed by atoms with van der Waals surface area (Å²) in [6, 6.07) is 11.2. The lowest BCUT2D eigenvalue weighted by molar-refractivity contribution is -0.122. The van der Waals surface area contributed by atoms with Gasteiger partial charge in [0.1, 0.15) is 34.0 Å². The van der Waals surface area contributed by atoms with Gasteiger partial charge in [-0.05, 0) is 56.2 Å². The van der Waals surface area contributed by atoms with E-state index in [0.717, 1.165) is 12.1 Å². The molecule has 12 heteroatoms. The third kappa shape index (κ3) is 5.56. The molecule has 0 unspecified atom stereocenters. The average Bonchev–Trinajstić information content (AvgIpc) is 3.12. The van der Waals surface area contributed by atoms with E-state index in [4.69, 9.17) is 5.73 Å². The predicted octanol–water partition coefficient (Wildman–Crippen LogP) is 2.02. The summed E-state index contributed by atoms with van der Waals surface area (Å²) in [7, 11) is -4.22. The van der Waals surface area contributed by atoms with Crippen molar-refractivity contribution in [2.45, 2.75) is 30.7 Å². The van der Waals surface area contributed by atoms with E-state index in [1.165, 1.54) is 48.0 Å². The molecule has 0 aliphatic carbocycles. The van der Waals surface area contributed by atoms with Gasteiger partial charge in [0.2, 0.25) is 15.9 Å². The summed E-state index contributed by atoms with van der Waals surface area (Å²) in [6.07, 6.45) is 0.685. The highest BCUT2D eigenvalue weighted by molar-refractivity contribution is 7.89. The van der Waals surface area contributed by atoms with Crippen LogP contribution in [0.2, 0.25) is 0 Å². The van der Waals surface area contributed by atoms with Gasteiger partial charge < -0.3 is 11.1 Å². The number of anilines is 1. The lowest BCUT2D eigenvalue weighted by Crippen LogP contribution is -2.45. The second kappa shape index (κ2) is 10.4. The van der Waals surface area contributed by atoms with E-state index in [2.05, 4.69) is 15.1 Å². The molecule has 9 nitrogen and oxygen atoms in total. The summed E-state index contributed by atoms with van der Waals surface area (Å²) < 4.78 is 55.1. The molecule has 3 rings (SSSR count). The number of nitrogens with zero attached hydrogens (tertiary/aromatic N) is 3. The van der Waals surface area contributed by atoms with E-state index in [1.807, 2.05) is 6.07 Å². The number of nitrogens with one attached hydrogen (secondary N) is 2. The normalized spacial score (nSPS) is 12.2. The van der Waals surface area contributed by atoms with Gasteiger partial charge in [0.25, 0.3) is 0 Å². The minimum atomic E-state index is -4.22. The fraction of sp³-hybridized carbons (Fsp3) is 0.227. The molecule has 0 bridgehead atoms. The van der Waals surface area contributed by atoms with Crippen molar-refractivity contribution in [3.8, 4) is 11.8 Å². The minimum Gasteiger partial charge on any atom is -0.382 e. The number of sulfonamides is 1. The summed E-state index contributed by atoms with van der Waals surface area (Å²) in [6.45, 7) is 1.51. The van der Waals surface area contributed by atoms with Crippen LogP contribution in [0.1, 0.15) is 24.6 Å². The molecule has 0 saturated heterocycles. The Balaban J connectivity index is 1.57. The Morgan fingerprint density at radius 1 is 1.21 bits per heavy atom. The first kappa shape index (κ1) is 24.8. The monoisotopic (exact) mass is 488 g/mol. The van der Waals surface area contributed by atoms with Gasteiger partial charge in [-0.3, -0.25) is 4.79 Å². The fourth-order valence-corrected chi connectivity index (χ4v) is 4.47. The molecule has 0 aliphatic rings. The molecule has 178 valence electrons. The first-order valence-corrected chi connectivity index (χ1v) is 11.7. The number of benzene rings is 2. The number of hydrogen-bond acceptors (Lipinski definition) is 6. The maximum atomic E-state index is 13.8. The molecule has 1 amide bonds. The first-order valence-electron chi connectivity index (χ1n) is 10.2. The predicted molar refractivity (Wildman–Crippen MR) is 120 cm³/mol. The van der Waals surface area contributed by atoms with Gasteiger partial charge in [-0.15, -0.1) is 0 Å². The molecule has 34 heavy (non-hydrogen) atoms. The first-order chi connectivity index (χ1) is 16.1. The van der Waals surface area contributed by atoms with Gasteiger partial charge in [0.05, 0.1) is 17.4 Å². The van der Waals surface area contributed by atoms with Crippen LogP contribution in [-0.2, 0) is 21.2 Å². The molecular weight excluding hydrogens is 466 g/mol. The van der Waals surface area contributed by atoms with E-state index in [1.54, 1.807) is 0 Å². The SMILES string of the molecule is C[C@H](NS(=O)(=O)c1ccccc1F)C(=O)NCCCc1nn(-c2ccc(F)cc2)c(N)c1C#N. The van der Waals surface area contributed by atoms with E-state index < -0.39 is 38.5 Å². The molecule has 2 aromatic carbocycles. The molecule has 1 heterocycles. The number of carbonyl (C=O) groups is 1. The summed E-state index contributed by atoms with van der Waals surface area (Å²) in [5.41, 5.74) is 7.10. The summed E-state index contributed by atoms with van der Waals surface area (Å²) >= 11 is 0. The van der Waals surface area contributed by atoms with Crippen molar-refractivity contribution in [3.05, 3.63) is 71.4 Å². The molecule has 0 aliphatic heterocycles. The van der Waals surface area contributed by atoms with Crippen molar-refractivity contribution < 1.29 is 22.0 Å². The number of amides is 1. The Morgan fingerprint density at radius 3 is 2.53 bits per heavy atom. The van der Waals surface area contributed by atoms with Crippen LogP contribution < -0.4 is 15.8 Å². The van der Waals surface area contributed by atoms with Crippen LogP contribution in [0.4, 0.5) is 14.6 Å². The van der Waals surface area contributed by atoms with Crippen molar-refractivity contribution in [2.75, 3.05) is 12.3 Å². The molecule has 3 aromatic rings. The number of nitrogens with two attached hydrogens (primary N) is 1. The maximum absolute atomic E-state index is 13.8. The highest BCUT2D eigenvalue weighted by atomic mass is 32.2. The third-order valence-corrected chi connectivity index (χ3v) is 6.49. The van der Waals surface area contributed by atoms with Crippen molar-refractivity contribution in [1.82, 2.24) is 19.8 Å². The molecule has 0 spiro atoms. The number of nitrogen functional groups attached to an aromatic ring is 1. The Kier molecular flexibility index (Phi) is 7.60. The zero-order valence-corrected chi connectivity index (χ0v) is 18.9. The van der Waals surface area contributed by atoms with Crippen molar-refractivity contribution in [1.29, 1.82) is 5.26 Å².